The molecule has 0 saturated heterocycles. The third-order valence-corrected chi connectivity index (χ3v) is 5.58. The van der Waals surface area contributed by atoms with E-state index in [9.17, 15) is 14.7 Å². The van der Waals surface area contributed by atoms with Crippen LogP contribution in [0, 0.1) is 6.92 Å². The Morgan fingerprint density at radius 1 is 1.03 bits per heavy atom. The van der Waals surface area contributed by atoms with Crippen molar-refractivity contribution < 1.29 is 28.9 Å². The van der Waals surface area contributed by atoms with Gasteiger partial charge in [-0.25, -0.2) is 4.79 Å². The van der Waals surface area contributed by atoms with Crippen LogP contribution >= 0.6 is 0 Å². The maximum absolute atomic E-state index is 13.3. The number of hydrogen-bond acceptors (Lipinski definition) is 5. The molecule has 7 heteroatoms. The highest BCUT2D eigenvalue weighted by Gasteiger charge is 2.24. The molecule has 1 amide bonds. The van der Waals surface area contributed by atoms with Gasteiger partial charge >= 0.3 is 5.97 Å². The van der Waals surface area contributed by atoms with E-state index in [1.165, 1.54) is 6.07 Å². The minimum atomic E-state index is -1.10. The average Bonchev–Trinajstić information content (AvgIpc) is 3.29. The lowest BCUT2D eigenvalue weighted by Crippen LogP contribution is -2.36. The first-order chi connectivity index (χ1) is 15.9. The van der Waals surface area contributed by atoms with E-state index in [0.29, 0.717) is 18.0 Å². The van der Waals surface area contributed by atoms with Gasteiger partial charge in [0.2, 0.25) is 6.79 Å². The molecule has 0 bridgehead atoms. The van der Waals surface area contributed by atoms with E-state index in [2.05, 4.69) is 0 Å². The second-order valence-corrected chi connectivity index (χ2v) is 7.89. The van der Waals surface area contributed by atoms with E-state index in [0.717, 1.165) is 16.7 Å². The summed E-state index contributed by atoms with van der Waals surface area (Å²) in [4.78, 5) is 26.6. The van der Waals surface area contributed by atoms with Crippen molar-refractivity contribution in [3.05, 3.63) is 89.0 Å². The van der Waals surface area contributed by atoms with Crippen LogP contribution in [0.15, 0.2) is 66.7 Å². The zero-order chi connectivity index (χ0) is 23.4. The van der Waals surface area contributed by atoms with E-state index < -0.39 is 5.97 Å². The fourth-order valence-corrected chi connectivity index (χ4v) is 3.74. The molecule has 3 aromatic carbocycles. The molecule has 0 spiro atoms. The van der Waals surface area contributed by atoms with E-state index in [1.807, 2.05) is 62.4 Å². The Labute approximate surface area is 192 Å². The van der Waals surface area contributed by atoms with E-state index in [1.54, 1.807) is 17.0 Å². The zero-order valence-electron chi connectivity index (χ0n) is 18.5. The maximum atomic E-state index is 13.3. The molecule has 1 N–H and O–H groups in total. The Morgan fingerprint density at radius 2 is 1.79 bits per heavy atom. The molecule has 1 unspecified atom stereocenters. The number of carbonyl (C=O) groups excluding carboxylic acids is 1. The summed E-state index contributed by atoms with van der Waals surface area (Å²) in [7, 11) is 0. The predicted molar refractivity (Wildman–Crippen MR) is 122 cm³/mol. The van der Waals surface area contributed by atoms with Crippen LogP contribution in [0.2, 0.25) is 0 Å². The summed E-state index contributed by atoms with van der Waals surface area (Å²) in [6.45, 7) is 4.01. The number of carboxylic acid groups (broad SMARTS) is 1. The number of benzene rings is 3. The van der Waals surface area contributed by atoms with Gasteiger partial charge in [0, 0.05) is 6.54 Å². The van der Waals surface area contributed by atoms with Crippen molar-refractivity contribution in [2.45, 2.75) is 26.4 Å². The van der Waals surface area contributed by atoms with Crippen LogP contribution in [0.5, 0.6) is 17.2 Å². The minimum absolute atomic E-state index is 0.0202. The summed E-state index contributed by atoms with van der Waals surface area (Å²) in [6, 6.07) is 19.9. The highest BCUT2D eigenvalue weighted by atomic mass is 16.7. The van der Waals surface area contributed by atoms with Crippen LogP contribution in [0.3, 0.4) is 0 Å². The number of hydrogen-bond donors (Lipinski definition) is 1. The van der Waals surface area contributed by atoms with Crippen LogP contribution in [-0.2, 0) is 11.3 Å². The van der Waals surface area contributed by atoms with Crippen molar-refractivity contribution in [2.75, 3.05) is 13.4 Å². The molecule has 1 heterocycles. The highest BCUT2D eigenvalue weighted by molar-refractivity contribution is 5.91. The number of nitrogens with zero attached hydrogens (tertiary/aromatic N) is 1. The van der Waals surface area contributed by atoms with Crippen molar-refractivity contribution in [2.24, 2.45) is 0 Å². The second kappa shape index (κ2) is 9.65. The number of amides is 1. The van der Waals surface area contributed by atoms with Crippen molar-refractivity contribution in [1.29, 1.82) is 0 Å². The number of carboxylic acids is 1. The number of rotatable bonds is 8. The van der Waals surface area contributed by atoms with Gasteiger partial charge in [-0.1, -0.05) is 42.5 Å². The van der Waals surface area contributed by atoms with Gasteiger partial charge in [0.25, 0.3) is 5.91 Å². The zero-order valence-corrected chi connectivity index (χ0v) is 18.5. The van der Waals surface area contributed by atoms with E-state index in [-0.39, 0.29) is 36.7 Å². The van der Waals surface area contributed by atoms with Gasteiger partial charge in [-0.05, 0) is 54.8 Å². The monoisotopic (exact) mass is 447 g/mol. The quantitative estimate of drug-likeness (QED) is 0.544. The first-order valence-electron chi connectivity index (χ1n) is 10.6. The molecule has 7 nitrogen and oxygen atoms in total. The Bertz CT molecular complexity index is 1160. The van der Waals surface area contributed by atoms with E-state index in [4.69, 9.17) is 14.2 Å². The van der Waals surface area contributed by atoms with Gasteiger partial charge < -0.3 is 24.2 Å². The molecule has 0 fully saturated rings. The molecule has 0 saturated carbocycles. The second-order valence-electron chi connectivity index (χ2n) is 7.89. The van der Waals surface area contributed by atoms with Crippen molar-refractivity contribution >= 4 is 11.9 Å². The smallest absolute Gasteiger partial charge is 0.339 e. The molecule has 3 aromatic rings. The molecular formula is C26H25NO6. The molecule has 33 heavy (non-hydrogen) atoms. The van der Waals surface area contributed by atoms with Crippen LogP contribution < -0.4 is 14.2 Å². The molecule has 1 atom stereocenters. The predicted octanol–water partition coefficient (Wildman–Crippen LogP) is 4.59. The molecule has 0 aromatic heterocycles. The number of fused-ring (bicyclic) bond motifs is 1. The molecule has 0 radical (unpaired) electrons. The van der Waals surface area contributed by atoms with E-state index >= 15 is 0 Å². The standard InChI is InChI=1S/C26H25NO6/c1-17-8-10-21(26(29)30)23(12-17)31-15-25(28)27(18(2)20-6-4-3-5-7-20)14-19-9-11-22-24(13-19)33-16-32-22/h3-13,18H,14-16H2,1-2H3,(H,29,30). The van der Waals surface area contributed by atoms with Gasteiger partial charge in [0.1, 0.15) is 11.3 Å². The molecule has 1 aliphatic rings. The largest absolute Gasteiger partial charge is 0.483 e. The van der Waals surface area contributed by atoms with Gasteiger partial charge in [0.15, 0.2) is 18.1 Å². The van der Waals surface area contributed by atoms with Gasteiger partial charge in [-0.3, -0.25) is 4.79 Å². The Morgan fingerprint density at radius 3 is 2.55 bits per heavy atom. The first-order valence-corrected chi connectivity index (χ1v) is 10.6. The molecular weight excluding hydrogens is 422 g/mol. The van der Waals surface area contributed by atoms with Crippen LogP contribution in [0.4, 0.5) is 0 Å². The van der Waals surface area contributed by atoms with Crippen molar-refractivity contribution in [3.8, 4) is 17.2 Å². The van der Waals surface area contributed by atoms with Crippen LogP contribution in [0.1, 0.15) is 40.0 Å². The summed E-state index contributed by atoms with van der Waals surface area (Å²) in [5.41, 5.74) is 2.73. The van der Waals surface area contributed by atoms with Gasteiger partial charge in [-0.2, -0.15) is 0 Å². The fourth-order valence-electron chi connectivity index (χ4n) is 3.74. The van der Waals surface area contributed by atoms with Gasteiger partial charge in [-0.15, -0.1) is 0 Å². The SMILES string of the molecule is Cc1ccc(C(=O)O)c(OCC(=O)N(Cc2ccc3c(c2)OCO3)C(C)c2ccccc2)c1. The summed E-state index contributed by atoms with van der Waals surface area (Å²) in [6.07, 6.45) is 0. The van der Waals surface area contributed by atoms with Gasteiger partial charge in [0.05, 0.1) is 6.04 Å². The third-order valence-electron chi connectivity index (χ3n) is 5.58. The molecule has 4 rings (SSSR count). The van der Waals surface area contributed by atoms with Crippen molar-refractivity contribution in [1.82, 2.24) is 4.90 Å². The lowest BCUT2D eigenvalue weighted by Gasteiger charge is -2.30. The molecule has 0 aliphatic carbocycles. The highest BCUT2D eigenvalue weighted by Crippen LogP contribution is 2.33. The fraction of sp³-hybridized carbons (Fsp3) is 0.231. The number of carbonyl (C=O) groups is 2. The van der Waals surface area contributed by atoms with Crippen LogP contribution in [0.25, 0.3) is 0 Å². The number of aromatic carboxylic acids is 1. The Balaban J connectivity index is 1.57. The molecule has 170 valence electrons. The summed E-state index contributed by atoms with van der Waals surface area (Å²) < 4.78 is 16.6. The lowest BCUT2D eigenvalue weighted by atomic mass is 10.1. The number of aryl methyl sites for hydroxylation is 1. The first kappa shape index (κ1) is 22.2. The third kappa shape index (κ3) is 5.09. The Hall–Kier alpha value is -4.00. The molecule has 1 aliphatic heterocycles. The van der Waals surface area contributed by atoms with Crippen LogP contribution in [-0.4, -0.2) is 35.3 Å². The normalized spacial score (nSPS) is 12.8. The lowest BCUT2D eigenvalue weighted by molar-refractivity contribution is -0.136. The van der Waals surface area contributed by atoms with Crippen molar-refractivity contribution in [3.63, 3.8) is 0 Å². The topological polar surface area (TPSA) is 85.3 Å². The maximum Gasteiger partial charge on any atom is 0.339 e. The Kier molecular flexibility index (Phi) is 6.49. The summed E-state index contributed by atoms with van der Waals surface area (Å²) in [5.74, 6) is 0.131. The number of ether oxygens (including phenoxy) is 3. The average molecular weight is 447 g/mol. The summed E-state index contributed by atoms with van der Waals surface area (Å²) in [5, 5.41) is 9.44. The summed E-state index contributed by atoms with van der Waals surface area (Å²) >= 11 is 0. The minimum Gasteiger partial charge on any atom is -0.483 e.